The molecule has 0 saturated carbocycles. The van der Waals surface area contributed by atoms with Crippen LogP contribution < -0.4 is 4.90 Å². The molecule has 0 saturated heterocycles. The van der Waals surface area contributed by atoms with E-state index in [-0.39, 0.29) is 11.3 Å². The number of carbonyl (C=O) groups excluding carboxylic acids is 1. The molecule has 0 fully saturated rings. The highest BCUT2D eigenvalue weighted by Crippen LogP contribution is 2.45. The topological polar surface area (TPSA) is 33.2 Å². The number of pyridine rings is 1. The fraction of sp³-hybridized carbons (Fsp3) is 0.238. The molecule has 2 aromatic carbocycles. The molecule has 1 amide bonds. The van der Waals surface area contributed by atoms with Crippen LogP contribution in [0.2, 0.25) is 0 Å². The maximum atomic E-state index is 13.0. The third kappa shape index (κ3) is 2.20. The zero-order chi connectivity index (χ0) is 16.9. The quantitative estimate of drug-likeness (QED) is 0.640. The van der Waals surface area contributed by atoms with Crippen LogP contribution in [-0.2, 0) is 10.2 Å². The van der Waals surface area contributed by atoms with Crippen LogP contribution in [0.1, 0.15) is 31.4 Å². The van der Waals surface area contributed by atoms with Gasteiger partial charge in [-0.3, -0.25) is 14.7 Å². The van der Waals surface area contributed by atoms with Gasteiger partial charge in [0.1, 0.15) is 0 Å². The van der Waals surface area contributed by atoms with Crippen molar-refractivity contribution in [2.24, 2.45) is 0 Å². The van der Waals surface area contributed by atoms with Gasteiger partial charge in [0.25, 0.3) is 0 Å². The lowest BCUT2D eigenvalue weighted by molar-refractivity contribution is -0.119. The Hall–Kier alpha value is -2.68. The molecule has 0 atom stereocenters. The van der Waals surface area contributed by atoms with Crippen LogP contribution in [0.4, 0.5) is 11.4 Å². The summed E-state index contributed by atoms with van der Waals surface area (Å²) in [6, 6.07) is 16.3. The zero-order valence-electron chi connectivity index (χ0n) is 14.2. The van der Waals surface area contributed by atoms with Crippen LogP contribution in [0.5, 0.6) is 0 Å². The number of para-hydroxylation sites is 2. The van der Waals surface area contributed by atoms with E-state index in [9.17, 15) is 4.79 Å². The number of hydrogen-bond donors (Lipinski definition) is 0. The van der Waals surface area contributed by atoms with Crippen molar-refractivity contribution in [2.45, 2.75) is 32.6 Å². The van der Waals surface area contributed by atoms with Crippen LogP contribution in [0.25, 0.3) is 10.9 Å². The summed E-state index contributed by atoms with van der Waals surface area (Å²) in [5.74, 6) is 0.124. The third-order valence-corrected chi connectivity index (χ3v) is 4.87. The van der Waals surface area contributed by atoms with E-state index < -0.39 is 0 Å². The summed E-state index contributed by atoms with van der Waals surface area (Å²) in [4.78, 5) is 19.3. The standard InChI is InChI=1S/C21H20N2O/c1-14-7-6-9-17-20(14)23(19(24)12-21(17,2)3)16-11-15-8-4-5-10-18(15)22-13-16/h4-11,13H,12H2,1-3H3. The number of rotatable bonds is 1. The van der Waals surface area contributed by atoms with Gasteiger partial charge in [-0.25, -0.2) is 0 Å². The molecule has 0 unspecified atom stereocenters. The highest BCUT2D eigenvalue weighted by molar-refractivity contribution is 6.05. The van der Waals surface area contributed by atoms with Gasteiger partial charge in [0.15, 0.2) is 0 Å². The van der Waals surface area contributed by atoms with E-state index >= 15 is 0 Å². The van der Waals surface area contributed by atoms with Gasteiger partial charge in [-0.05, 0) is 30.2 Å². The Bertz CT molecular complexity index is 959. The third-order valence-electron chi connectivity index (χ3n) is 4.87. The molecule has 0 radical (unpaired) electrons. The molecule has 3 aromatic rings. The van der Waals surface area contributed by atoms with E-state index in [1.807, 2.05) is 29.2 Å². The van der Waals surface area contributed by atoms with Gasteiger partial charge < -0.3 is 0 Å². The smallest absolute Gasteiger partial charge is 0.232 e. The molecule has 0 spiro atoms. The van der Waals surface area contributed by atoms with Crippen LogP contribution in [-0.4, -0.2) is 10.9 Å². The van der Waals surface area contributed by atoms with Gasteiger partial charge in [-0.15, -0.1) is 0 Å². The Morgan fingerprint density at radius 3 is 2.71 bits per heavy atom. The minimum Gasteiger partial charge on any atom is -0.279 e. The largest absolute Gasteiger partial charge is 0.279 e. The van der Waals surface area contributed by atoms with Gasteiger partial charge in [-0.1, -0.05) is 50.2 Å². The summed E-state index contributed by atoms with van der Waals surface area (Å²) in [6.07, 6.45) is 2.30. The van der Waals surface area contributed by atoms with Gasteiger partial charge in [-0.2, -0.15) is 0 Å². The monoisotopic (exact) mass is 316 g/mol. The number of aromatic nitrogens is 1. The summed E-state index contributed by atoms with van der Waals surface area (Å²) >= 11 is 0. The molecule has 0 N–H and O–H groups in total. The van der Waals surface area contributed by atoms with Gasteiger partial charge in [0.2, 0.25) is 5.91 Å². The predicted octanol–water partition coefficient (Wildman–Crippen LogP) is 4.89. The summed E-state index contributed by atoms with van der Waals surface area (Å²) < 4.78 is 0. The first-order valence-electron chi connectivity index (χ1n) is 8.25. The molecule has 3 nitrogen and oxygen atoms in total. The molecule has 120 valence electrons. The normalized spacial score (nSPS) is 16.3. The second kappa shape index (κ2) is 5.17. The van der Waals surface area contributed by atoms with Crippen molar-refractivity contribution in [1.29, 1.82) is 0 Å². The van der Waals surface area contributed by atoms with Crippen molar-refractivity contribution in [1.82, 2.24) is 4.98 Å². The van der Waals surface area contributed by atoms with E-state index in [0.717, 1.165) is 27.8 Å². The Morgan fingerprint density at radius 1 is 1.08 bits per heavy atom. The average Bonchev–Trinajstić information content (AvgIpc) is 2.55. The maximum Gasteiger partial charge on any atom is 0.232 e. The average molecular weight is 316 g/mol. The lowest BCUT2D eigenvalue weighted by Crippen LogP contribution is -2.39. The molecule has 3 heteroatoms. The number of carbonyl (C=O) groups is 1. The zero-order valence-corrected chi connectivity index (χ0v) is 14.2. The lowest BCUT2D eigenvalue weighted by atomic mass is 9.76. The first kappa shape index (κ1) is 14.9. The molecule has 4 rings (SSSR count). The molecular formula is C21H20N2O. The summed E-state index contributed by atoms with van der Waals surface area (Å²) in [5.41, 5.74) is 4.97. The van der Waals surface area contributed by atoms with Crippen molar-refractivity contribution in [3.05, 3.63) is 65.9 Å². The first-order valence-corrected chi connectivity index (χ1v) is 8.25. The highest BCUT2D eigenvalue weighted by atomic mass is 16.2. The number of nitrogens with zero attached hydrogens (tertiary/aromatic N) is 2. The first-order chi connectivity index (χ1) is 11.5. The van der Waals surface area contributed by atoms with E-state index in [0.29, 0.717) is 6.42 Å². The second-order valence-electron chi connectivity index (χ2n) is 7.15. The number of aryl methyl sites for hydroxylation is 1. The minimum atomic E-state index is -0.154. The Balaban J connectivity index is 1.95. The molecule has 0 aliphatic carbocycles. The Labute approximate surface area is 141 Å². The van der Waals surface area contributed by atoms with Crippen LogP contribution in [0, 0.1) is 6.92 Å². The fourth-order valence-corrected chi connectivity index (χ4v) is 3.63. The minimum absolute atomic E-state index is 0.124. The summed E-state index contributed by atoms with van der Waals surface area (Å²) in [5, 5.41) is 1.04. The van der Waals surface area contributed by atoms with Crippen molar-refractivity contribution < 1.29 is 4.79 Å². The fourth-order valence-electron chi connectivity index (χ4n) is 3.63. The van der Waals surface area contributed by atoms with Crippen molar-refractivity contribution in [3.8, 4) is 0 Å². The molecular weight excluding hydrogens is 296 g/mol. The molecule has 1 aliphatic heterocycles. The van der Waals surface area contributed by atoms with Crippen molar-refractivity contribution >= 4 is 28.2 Å². The van der Waals surface area contributed by atoms with Gasteiger partial charge in [0.05, 0.1) is 23.1 Å². The maximum absolute atomic E-state index is 13.0. The number of benzene rings is 2. The van der Waals surface area contributed by atoms with Crippen molar-refractivity contribution in [2.75, 3.05) is 4.90 Å². The van der Waals surface area contributed by atoms with Gasteiger partial charge >= 0.3 is 0 Å². The SMILES string of the molecule is Cc1cccc2c1N(c1cnc3ccccc3c1)C(=O)CC2(C)C. The Kier molecular flexibility index (Phi) is 3.20. The van der Waals surface area contributed by atoms with Gasteiger partial charge in [0, 0.05) is 17.2 Å². The number of fused-ring (bicyclic) bond motifs is 2. The molecule has 1 aliphatic rings. The highest BCUT2D eigenvalue weighted by Gasteiger charge is 2.38. The van der Waals surface area contributed by atoms with Crippen LogP contribution in [0.15, 0.2) is 54.7 Å². The summed E-state index contributed by atoms with van der Waals surface area (Å²) in [7, 11) is 0. The van der Waals surface area contributed by atoms with Crippen LogP contribution in [0.3, 0.4) is 0 Å². The lowest BCUT2D eigenvalue weighted by Gasteiger charge is -2.39. The van der Waals surface area contributed by atoms with E-state index in [2.05, 4.69) is 50.0 Å². The molecule has 24 heavy (non-hydrogen) atoms. The Morgan fingerprint density at radius 2 is 1.88 bits per heavy atom. The van der Waals surface area contributed by atoms with Crippen LogP contribution >= 0.6 is 0 Å². The number of amides is 1. The number of anilines is 2. The summed E-state index contributed by atoms with van der Waals surface area (Å²) in [6.45, 7) is 6.34. The van der Waals surface area contributed by atoms with E-state index in [1.54, 1.807) is 6.20 Å². The van der Waals surface area contributed by atoms with E-state index in [4.69, 9.17) is 0 Å². The number of hydrogen-bond acceptors (Lipinski definition) is 2. The molecule has 1 aromatic heterocycles. The van der Waals surface area contributed by atoms with E-state index in [1.165, 1.54) is 5.56 Å². The molecule has 0 bridgehead atoms. The predicted molar refractivity (Wildman–Crippen MR) is 97.7 cm³/mol. The second-order valence-corrected chi connectivity index (χ2v) is 7.15. The van der Waals surface area contributed by atoms with Crippen molar-refractivity contribution in [3.63, 3.8) is 0 Å². The molecule has 2 heterocycles.